The number of fused-ring (bicyclic) bond motifs is 2. The first-order valence-corrected chi connectivity index (χ1v) is 5.39. The highest BCUT2D eigenvalue weighted by Gasteiger charge is 2.40. The molecule has 0 aromatic heterocycles. The Bertz CT molecular complexity index is 205. The minimum Gasteiger partial charge on any atom is -0.390 e. The Morgan fingerprint density at radius 1 is 1.43 bits per heavy atom. The van der Waals surface area contributed by atoms with Gasteiger partial charge < -0.3 is 15.2 Å². The van der Waals surface area contributed by atoms with Crippen LogP contribution in [-0.2, 0) is 4.74 Å². The fraction of sp³-hybridized carbons (Fsp3) is 0.818. The van der Waals surface area contributed by atoms with Crippen LogP contribution >= 0.6 is 0 Å². The van der Waals surface area contributed by atoms with E-state index in [0.29, 0.717) is 12.1 Å². The maximum absolute atomic E-state index is 10.4. The summed E-state index contributed by atoms with van der Waals surface area (Å²) in [4.78, 5) is 0. The first kappa shape index (κ1) is 10.1. The molecule has 2 aliphatic rings. The second kappa shape index (κ2) is 4.01. The first-order valence-electron chi connectivity index (χ1n) is 5.39. The average Bonchev–Trinajstić information content (AvgIpc) is 2.14. The van der Waals surface area contributed by atoms with Gasteiger partial charge in [0.15, 0.2) is 0 Å². The number of ether oxygens (including phenoxy) is 1. The van der Waals surface area contributed by atoms with E-state index < -0.39 is 5.60 Å². The first-order chi connectivity index (χ1) is 6.72. The molecule has 0 spiro atoms. The second-order valence-electron chi connectivity index (χ2n) is 4.56. The largest absolute Gasteiger partial charge is 0.390 e. The van der Waals surface area contributed by atoms with E-state index in [4.69, 9.17) is 4.74 Å². The van der Waals surface area contributed by atoms with Gasteiger partial charge in [0.25, 0.3) is 0 Å². The van der Waals surface area contributed by atoms with Gasteiger partial charge in [-0.05, 0) is 25.7 Å². The molecule has 2 unspecified atom stereocenters. The average molecular weight is 197 g/mol. The molecule has 0 aromatic rings. The van der Waals surface area contributed by atoms with Gasteiger partial charge in [0.05, 0.1) is 18.8 Å². The van der Waals surface area contributed by atoms with Crippen LogP contribution in [0, 0.1) is 0 Å². The van der Waals surface area contributed by atoms with Gasteiger partial charge in [-0.15, -0.1) is 6.58 Å². The monoisotopic (exact) mass is 197 g/mol. The normalized spacial score (nSPS) is 42.1. The number of aliphatic hydroxyl groups is 1. The van der Waals surface area contributed by atoms with Gasteiger partial charge in [-0.1, -0.05) is 6.08 Å². The lowest BCUT2D eigenvalue weighted by molar-refractivity contribution is -0.0793. The molecule has 3 heteroatoms. The van der Waals surface area contributed by atoms with Crippen molar-refractivity contribution in [1.82, 2.24) is 5.32 Å². The van der Waals surface area contributed by atoms with Crippen LogP contribution in [-0.4, -0.2) is 36.0 Å². The quantitative estimate of drug-likeness (QED) is 0.659. The van der Waals surface area contributed by atoms with Gasteiger partial charge in [0.1, 0.15) is 0 Å². The van der Waals surface area contributed by atoms with Crippen molar-refractivity contribution in [3.63, 3.8) is 0 Å². The molecule has 2 bridgehead atoms. The molecular formula is C11H19NO2. The molecule has 2 N–H and O–H groups in total. The summed E-state index contributed by atoms with van der Waals surface area (Å²) in [7, 11) is 0. The minimum absolute atomic E-state index is 0.345. The number of morpholine rings is 1. The predicted molar refractivity (Wildman–Crippen MR) is 55.1 cm³/mol. The van der Waals surface area contributed by atoms with Crippen LogP contribution in [0.25, 0.3) is 0 Å². The van der Waals surface area contributed by atoms with Gasteiger partial charge >= 0.3 is 0 Å². The van der Waals surface area contributed by atoms with Gasteiger partial charge in [0, 0.05) is 12.1 Å². The van der Waals surface area contributed by atoms with Crippen molar-refractivity contribution in [2.24, 2.45) is 0 Å². The van der Waals surface area contributed by atoms with Crippen molar-refractivity contribution < 1.29 is 9.84 Å². The van der Waals surface area contributed by atoms with Crippen molar-refractivity contribution in [1.29, 1.82) is 0 Å². The summed E-state index contributed by atoms with van der Waals surface area (Å²) in [5.41, 5.74) is -0.488. The van der Waals surface area contributed by atoms with E-state index in [1.807, 2.05) is 6.08 Å². The van der Waals surface area contributed by atoms with Gasteiger partial charge in [-0.3, -0.25) is 0 Å². The zero-order valence-electron chi connectivity index (χ0n) is 8.54. The van der Waals surface area contributed by atoms with E-state index in [0.717, 1.165) is 38.9 Å². The number of allylic oxidation sites excluding steroid dienone is 1. The third kappa shape index (κ3) is 2.16. The van der Waals surface area contributed by atoms with E-state index in [-0.39, 0.29) is 0 Å². The fourth-order valence-electron chi connectivity index (χ4n) is 2.59. The Morgan fingerprint density at radius 2 is 2.07 bits per heavy atom. The summed E-state index contributed by atoms with van der Waals surface area (Å²) in [5.74, 6) is 0. The molecule has 2 heterocycles. The lowest BCUT2D eigenvalue weighted by Gasteiger charge is -2.45. The highest BCUT2D eigenvalue weighted by Crippen LogP contribution is 2.31. The number of nitrogens with one attached hydrogen (secondary N) is 1. The van der Waals surface area contributed by atoms with Crippen LogP contribution in [0.2, 0.25) is 0 Å². The molecule has 80 valence electrons. The summed E-state index contributed by atoms with van der Waals surface area (Å²) in [6.07, 6.45) is 5.25. The molecule has 2 fully saturated rings. The molecule has 2 rings (SSSR count). The molecule has 3 nitrogen and oxygen atoms in total. The third-order valence-electron chi connectivity index (χ3n) is 3.18. The van der Waals surface area contributed by atoms with E-state index >= 15 is 0 Å². The number of piperidine rings is 1. The van der Waals surface area contributed by atoms with Crippen molar-refractivity contribution in [2.45, 2.75) is 43.4 Å². The fourth-order valence-corrected chi connectivity index (χ4v) is 2.59. The van der Waals surface area contributed by atoms with Crippen LogP contribution < -0.4 is 5.32 Å². The zero-order chi connectivity index (χ0) is 10.0. The van der Waals surface area contributed by atoms with E-state index in [9.17, 15) is 5.11 Å². The zero-order valence-corrected chi connectivity index (χ0v) is 8.54. The molecule has 2 atom stereocenters. The second-order valence-corrected chi connectivity index (χ2v) is 4.56. The maximum atomic E-state index is 10.4. The van der Waals surface area contributed by atoms with Crippen LogP contribution in [0.4, 0.5) is 0 Å². The Morgan fingerprint density at radius 3 is 2.64 bits per heavy atom. The molecule has 0 amide bonds. The lowest BCUT2D eigenvalue weighted by Crippen LogP contribution is -2.59. The van der Waals surface area contributed by atoms with Crippen LogP contribution in [0.1, 0.15) is 25.7 Å². The highest BCUT2D eigenvalue weighted by molar-refractivity contribution is 4.97. The van der Waals surface area contributed by atoms with Gasteiger partial charge in [0.2, 0.25) is 0 Å². The Hall–Kier alpha value is -0.380. The van der Waals surface area contributed by atoms with E-state index in [1.165, 1.54) is 0 Å². The van der Waals surface area contributed by atoms with Crippen molar-refractivity contribution >= 4 is 0 Å². The number of rotatable bonds is 3. The molecular weight excluding hydrogens is 178 g/mol. The van der Waals surface area contributed by atoms with Crippen LogP contribution in [0.3, 0.4) is 0 Å². The molecule has 14 heavy (non-hydrogen) atoms. The Balaban J connectivity index is 1.96. The maximum Gasteiger partial charge on any atom is 0.0682 e. The summed E-state index contributed by atoms with van der Waals surface area (Å²) >= 11 is 0. The molecule has 0 aromatic carbocycles. The number of hydrogen-bond acceptors (Lipinski definition) is 3. The molecule has 2 saturated heterocycles. The standard InChI is InChI=1S/C11H19NO2/c1-2-3-4-11(13)5-9-7-14-8-10(6-11)12-9/h2,9-10,12-13H,1,3-8H2. The topological polar surface area (TPSA) is 41.5 Å². The molecule has 0 aliphatic carbocycles. The van der Waals surface area contributed by atoms with Gasteiger partial charge in [-0.2, -0.15) is 0 Å². The summed E-state index contributed by atoms with van der Waals surface area (Å²) in [6.45, 7) is 5.18. The molecule has 0 radical (unpaired) electrons. The number of hydrogen-bond donors (Lipinski definition) is 2. The van der Waals surface area contributed by atoms with E-state index in [2.05, 4.69) is 11.9 Å². The summed E-state index contributed by atoms with van der Waals surface area (Å²) in [5, 5.41) is 13.8. The third-order valence-corrected chi connectivity index (χ3v) is 3.18. The summed E-state index contributed by atoms with van der Waals surface area (Å²) in [6, 6.07) is 0.689. The van der Waals surface area contributed by atoms with Gasteiger partial charge in [-0.25, -0.2) is 0 Å². The Kier molecular flexibility index (Phi) is 2.91. The highest BCUT2D eigenvalue weighted by atomic mass is 16.5. The lowest BCUT2D eigenvalue weighted by atomic mass is 9.80. The SMILES string of the molecule is C=CCCC1(O)CC2COCC(C1)N2. The molecule has 0 saturated carbocycles. The molecule has 2 aliphatic heterocycles. The van der Waals surface area contributed by atoms with E-state index in [1.54, 1.807) is 0 Å². The van der Waals surface area contributed by atoms with Crippen LogP contribution in [0.15, 0.2) is 12.7 Å². The minimum atomic E-state index is -0.488. The van der Waals surface area contributed by atoms with Crippen molar-refractivity contribution in [3.8, 4) is 0 Å². The Labute approximate surface area is 85.1 Å². The van der Waals surface area contributed by atoms with Crippen LogP contribution in [0.5, 0.6) is 0 Å². The van der Waals surface area contributed by atoms with Crippen molar-refractivity contribution in [2.75, 3.05) is 13.2 Å². The smallest absolute Gasteiger partial charge is 0.0682 e. The predicted octanol–water partition coefficient (Wildman–Crippen LogP) is 0.835. The summed E-state index contributed by atoms with van der Waals surface area (Å²) < 4.78 is 5.44. The van der Waals surface area contributed by atoms with Crippen molar-refractivity contribution in [3.05, 3.63) is 12.7 Å².